The molecular formula is C15H12FNO2S2. The highest BCUT2D eigenvalue weighted by Gasteiger charge is 2.14. The summed E-state index contributed by atoms with van der Waals surface area (Å²) in [5, 5.41) is 8.79. The fourth-order valence-electron chi connectivity index (χ4n) is 1.70. The van der Waals surface area contributed by atoms with Crippen molar-refractivity contribution in [2.24, 2.45) is 0 Å². The zero-order valence-corrected chi connectivity index (χ0v) is 12.6. The molecule has 0 aliphatic heterocycles. The predicted molar refractivity (Wildman–Crippen MR) is 80.3 cm³/mol. The van der Waals surface area contributed by atoms with Gasteiger partial charge in [-0.15, -0.1) is 11.8 Å². The SMILES string of the molecule is N#Cc1cccc(S(=O)(=O)CCSc2cccc(F)c2)c1. The van der Waals surface area contributed by atoms with Crippen LogP contribution in [-0.4, -0.2) is 19.9 Å². The molecule has 0 saturated heterocycles. The molecule has 0 aliphatic carbocycles. The van der Waals surface area contributed by atoms with Crippen LogP contribution >= 0.6 is 11.8 Å². The molecule has 0 atom stereocenters. The van der Waals surface area contributed by atoms with Crippen LogP contribution in [0, 0.1) is 17.1 Å². The molecule has 108 valence electrons. The van der Waals surface area contributed by atoms with Crippen LogP contribution in [0.15, 0.2) is 58.3 Å². The molecule has 0 amide bonds. The van der Waals surface area contributed by atoms with Gasteiger partial charge < -0.3 is 0 Å². The fourth-order valence-corrected chi connectivity index (χ4v) is 4.35. The Morgan fingerprint density at radius 2 is 1.90 bits per heavy atom. The van der Waals surface area contributed by atoms with Crippen molar-refractivity contribution in [1.29, 1.82) is 5.26 Å². The fraction of sp³-hybridized carbons (Fsp3) is 0.133. The lowest BCUT2D eigenvalue weighted by Crippen LogP contribution is -2.09. The van der Waals surface area contributed by atoms with Gasteiger partial charge in [0.1, 0.15) is 5.82 Å². The van der Waals surface area contributed by atoms with Crippen LogP contribution in [-0.2, 0) is 9.84 Å². The van der Waals surface area contributed by atoms with Crippen LogP contribution in [0.2, 0.25) is 0 Å². The summed E-state index contributed by atoms with van der Waals surface area (Å²) in [4.78, 5) is 0.831. The number of nitriles is 1. The quantitative estimate of drug-likeness (QED) is 0.793. The first kappa shape index (κ1) is 15.5. The first-order valence-corrected chi connectivity index (χ1v) is 8.76. The van der Waals surface area contributed by atoms with Gasteiger partial charge in [0.15, 0.2) is 9.84 Å². The van der Waals surface area contributed by atoms with Crippen LogP contribution in [0.4, 0.5) is 4.39 Å². The van der Waals surface area contributed by atoms with E-state index in [0.717, 1.165) is 0 Å². The van der Waals surface area contributed by atoms with Crippen LogP contribution in [0.1, 0.15) is 5.56 Å². The second kappa shape index (κ2) is 6.74. The highest BCUT2D eigenvalue weighted by atomic mass is 32.2. The molecule has 21 heavy (non-hydrogen) atoms. The van der Waals surface area contributed by atoms with Gasteiger partial charge in [-0.05, 0) is 36.4 Å². The summed E-state index contributed by atoms with van der Waals surface area (Å²) in [5.74, 6) is -0.0874. The minimum atomic E-state index is -3.44. The molecule has 0 aliphatic rings. The highest BCUT2D eigenvalue weighted by Crippen LogP contribution is 2.21. The largest absolute Gasteiger partial charge is 0.224 e. The van der Waals surface area contributed by atoms with Crippen LogP contribution in [0.5, 0.6) is 0 Å². The van der Waals surface area contributed by atoms with E-state index in [1.165, 1.54) is 36.0 Å². The van der Waals surface area contributed by atoms with Gasteiger partial charge in [-0.2, -0.15) is 5.26 Å². The third-order valence-electron chi connectivity index (χ3n) is 2.74. The number of halogens is 1. The Bertz CT molecular complexity index is 782. The van der Waals surface area contributed by atoms with E-state index in [-0.39, 0.29) is 16.5 Å². The number of sulfone groups is 1. The van der Waals surface area contributed by atoms with Crippen LogP contribution in [0.3, 0.4) is 0 Å². The maximum Gasteiger partial charge on any atom is 0.179 e. The summed E-state index contributed by atoms with van der Waals surface area (Å²) < 4.78 is 37.3. The molecule has 2 rings (SSSR count). The van der Waals surface area contributed by atoms with Crippen molar-refractivity contribution in [3.8, 4) is 6.07 Å². The molecule has 0 aromatic heterocycles. The van der Waals surface area contributed by atoms with Crippen molar-refractivity contribution in [1.82, 2.24) is 0 Å². The standard InChI is InChI=1S/C15H12FNO2S2/c16-13-4-2-5-14(10-13)20-7-8-21(18,19)15-6-1-3-12(9-15)11-17/h1-6,9-10H,7-8H2. The van der Waals surface area contributed by atoms with E-state index in [1.54, 1.807) is 24.3 Å². The lowest BCUT2D eigenvalue weighted by atomic mass is 10.2. The summed E-state index contributed by atoms with van der Waals surface area (Å²) in [6.07, 6.45) is 0. The molecular weight excluding hydrogens is 309 g/mol. The Morgan fingerprint density at radius 3 is 2.62 bits per heavy atom. The summed E-state index contributed by atoms with van der Waals surface area (Å²) >= 11 is 1.28. The zero-order valence-electron chi connectivity index (χ0n) is 11.0. The van der Waals surface area contributed by atoms with Crippen molar-refractivity contribution in [3.05, 3.63) is 59.9 Å². The summed E-state index contributed by atoms with van der Waals surface area (Å²) in [6.45, 7) is 0. The van der Waals surface area contributed by atoms with E-state index in [9.17, 15) is 12.8 Å². The van der Waals surface area contributed by atoms with Crippen molar-refractivity contribution < 1.29 is 12.8 Å². The summed E-state index contributed by atoms with van der Waals surface area (Å²) in [5.41, 5.74) is 0.314. The number of hydrogen-bond donors (Lipinski definition) is 0. The number of hydrogen-bond acceptors (Lipinski definition) is 4. The van der Waals surface area contributed by atoms with Crippen molar-refractivity contribution in [3.63, 3.8) is 0 Å². The Hall–Kier alpha value is -1.84. The average Bonchev–Trinajstić information content (AvgIpc) is 2.47. The molecule has 0 fully saturated rings. The second-order valence-corrected chi connectivity index (χ2v) is 7.54. The highest BCUT2D eigenvalue weighted by molar-refractivity contribution is 8.00. The van der Waals surface area contributed by atoms with Gasteiger partial charge in [0.25, 0.3) is 0 Å². The number of benzene rings is 2. The lowest BCUT2D eigenvalue weighted by molar-refractivity contribution is 0.597. The van der Waals surface area contributed by atoms with Crippen molar-refractivity contribution in [2.45, 2.75) is 9.79 Å². The molecule has 0 unspecified atom stereocenters. The van der Waals surface area contributed by atoms with Gasteiger partial charge in [-0.3, -0.25) is 0 Å². The monoisotopic (exact) mass is 321 g/mol. The molecule has 0 spiro atoms. The number of thioether (sulfide) groups is 1. The van der Waals surface area contributed by atoms with Gasteiger partial charge in [-0.1, -0.05) is 12.1 Å². The van der Waals surface area contributed by atoms with E-state index < -0.39 is 9.84 Å². The molecule has 2 aromatic carbocycles. The van der Waals surface area contributed by atoms with E-state index in [0.29, 0.717) is 16.2 Å². The van der Waals surface area contributed by atoms with Crippen LogP contribution < -0.4 is 0 Å². The summed E-state index contributed by atoms with van der Waals surface area (Å²) in [7, 11) is -3.44. The molecule has 0 saturated carbocycles. The second-order valence-electron chi connectivity index (χ2n) is 4.26. The topological polar surface area (TPSA) is 57.9 Å². The minimum Gasteiger partial charge on any atom is -0.224 e. The van der Waals surface area contributed by atoms with E-state index in [2.05, 4.69) is 0 Å². The summed E-state index contributed by atoms with van der Waals surface area (Å²) in [6, 6.07) is 13.9. The predicted octanol–water partition coefficient (Wildman–Crippen LogP) is 3.26. The first-order valence-electron chi connectivity index (χ1n) is 6.12. The molecule has 6 heteroatoms. The zero-order chi connectivity index (χ0) is 15.3. The van der Waals surface area contributed by atoms with Gasteiger partial charge >= 0.3 is 0 Å². The smallest absolute Gasteiger partial charge is 0.179 e. The molecule has 0 radical (unpaired) electrons. The third kappa shape index (κ3) is 4.31. The Balaban J connectivity index is 2.03. The van der Waals surface area contributed by atoms with E-state index in [4.69, 9.17) is 5.26 Å². The number of rotatable bonds is 5. The van der Waals surface area contributed by atoms with Gasteiger partial charge in [0.2, 0.25) is 0 Å². The van der Waals surface area contributed by atoms with Crippen LogP contribution in [0.25, 0.3) is 0 Å². The molecule has 0 heterocycles. The normalized spacial score (nSPS) is 11.0. The Morgan fingerprint density at radius 1 is 1.14 bits per heavy atom. The number of nitrogens with zero attached hydrogens (tertiary/aromatic N) is 1. The van der Waals surface area contributed by atoms with E-state index >= 15 is 0 Å². The maximum absolute atomic E-state index is 13.0. The van der Waals surface area contributed by atoms with Gasteiger partial charge in [-0.25, -0.2) is 12.8 Å². The molecule has 0 bridgehead atoms. The van der Waals surface area contributed by atoms with Gasteiger partial charge in [0.05, 0.1) is 22.3 Å². The molecule has 2 aromatic rings. The Labute approximate surface area is 127 Å². The Kier molecular flexibility index (Phi) is 4.99. The third-order valence-corrected chi connectivity index (χ3v) is 5.71. The van der Waals surface area contributed by atoms with Crippen molar-refractivity contribution in [2.75, 3.05) is 11.5 Å². The minimum absolute atomic E-state index is 0.0664. The first-order chi connectivity index (χ1) is 10.0. The van der Waals surface area contributed by atoms with E-state index in [1.807, 2.05) is 6.07 Å². The molecule has 0 N–H and O–H groups in total. The van der Waals surface area contributed by atoms with Crippen molar-refractivity contribution >= 4 is 21.6 Å². The lowest BCUT2D eigenvalue weighted by Gasteiger charge is -2.05. The van der Waals surface area contributed by atoms with Gasteiger partial charge in [0, 0.05) is 10.6 Å². The average molecular weight is 321 g/mol. The maximum atomic E-state index is 13.0. The molecule has 3 nitrogen and oxygen atoms in total.